The van der Waals surface area contributed by atoms with Gasteiger partial charge in [0.25, 0.3) is 5.91 Å². The molecule has 0 unspecified atom stereocenters. The summed E-state index contributed by atoms with van der Waals surface area (Å²) in [6.07, 6.45) is 3.78. The van der Waals surface area contributed by atoms with Crippen LogP contribution in [0, 0.1) is 0 Å². The lowest BCUT2D eigenvalue weighted by atomic mass is 10.1. The third-order valence-electron chi connectivity index (χ3n) is 7.07. The van der Waals surface area contributed by atoms with Gasteiger partial charge in [0, 0.05) is 29.8 Å². The number of benzene rings is 3. The predicted octanol–water partition coefficient (Wildman–Crippen LogP) is 4.69. The fraction of sp³-hybridized carbons (Fsp3) is 0.241. The molecule has 0 radical (unpaired) electrons. The minimum atomic E-state index is -0.973. The van der Waals surface area contributed by atoms with Crippen molar-refractivity contribution in [1.82, 2.24) is 30.2 Å². The fourth-order valence-electron chi connectivity index (χ4n) is 4.97. The number of piperidine rings is 1. The first-order valence-electron chi connectivity index (χ1n) is 12.9. The number of likely N-dealkylation sites (tertiary alicyclic amines) is 1. The maximum Gasteiger partial charge on any atom is 0.335 e. The van der Waals surface area contributed by atoms with Crippen molar-refractivity contribution >= 4 is 33.9 Å². The number of hydrogen-bond donors (Lipinski definition) is 4. The van der Waals surface area contributed by atoms with Gasteiger partial charge >= 0.3 is 5.97 Å². The molecular weight excluding hydrogens is 480 g/mol. The van der Waals surface area contributed by atoms with Gasteiger partial charge in [-0.1, -0.05) is 30.7 Å². The second-order valence-electron chi connectivity index (χ2n) is 9.68. The van der Waals surface area contributed by atoms with Crippen molar-refractivity contribution in [2.24, 2.45) is 0 Å². The van der Waals surface area contributed by atoms with Gasteiger partial charge in [-0.3, -0.25) is 4.79 Å². The van der Waals surface area contributed by atoms with Gasteiger partial charge in [0.05, 0.1) is 27.6 Å². The van der Waals surface area contributed by atoms with Crippen LogP contribution in [-0.4, -0.2) is 68.0 Å². The van der Waals surface area contributed by atoms with Gasteiger partial charge in [-0.2, -0.15) is 0 Å². The monoisotopic (exact) mass is 508 g/mol. The third-order valence-corrected chi connectivity index (χ3v) is 7.07. The van der Waals surface area contributed by atoms with Gasteiger partial charge in [-0.25, -0.2) is 14.8 Å². The quantitative estimate of drug-likeness (QED) is 0.253. The summed E-state index contributed by atoms with van der Waals surface area (Å²) in [4.78, 5) is 42.2. The number of aromatic nitrogens is 4. The van der Waals surface area contributed by atoms with E-state index < -0.39 is 5.97 Å². The van der Waals surface area contributed by atoms with Gasteiger partial charge in [0.15, 0.2) is 0 Å². The van der Waals surface area contributed by atoms with E-state index in [-0.39, 0.29) is 11.5 Å². The minimum Gasteiger partial charge on any atom is -0.478 e. The summed E-state index contributed by atoms with van der Waals surface area (Å²) in [5.74, 6) is 0.323. The number of carboxylic acids is 1. The summed E-state index contributed by atoms with van der Waals surface area (Å²) in [7, 11) is 0. The highest BCUT2D eigenvalue weighted by atomic mass is 16.4. The molecule has 0 spiro atoms. The van der Waals surface area contributed by atoms with Gasteiger partial charge in [-0.05, 0) is 62.3 Å². The lowest BCUT2D eigenvalue weighted by molar-refractivity contribution is 0.0696. The molecule has 1 saturated heterocycles. The number of aromatic amines is 2. The van der Waals surface area contributed by atoms with Crippen molar-refractivity contribution < 1.29 is 14.7 Å². The zero-order chi connectivity index (χ0) is 26.1. The van der Waals surface area contributed by atoms with Crippen molar-refractivity contribution in [2.75, 3.05) is 26.2 Å². The van der Waals surface area contributed by atoms with Gasteiger partial charge in [0.2, 0.25) is 0 Å². The fourth-order valence-corrected chi connectivity index (χ4v) is 4.97. The smallest absolute Gasteiger partial charge is 0.335 e. The van der Waals surface area contributed by atoms with Gasteiger partial charge < -0.3 is 25.3 Å². The van der Waals surface area contributed by atoms with E-state index in [1.54, 1.807) is 18.2 Å². The molecule has 192 valence electrons. The van der Waals surface area contributed by atoms with Crippen LogP contribution >= 0.6 is 0 Å². The SMILES string of the molecule is O=C(O)c1ccc2nc(-c3ccc(-c4nc5ccc(C(=O)NCCN6CCCCC6)cc5[nH]4)cc3)[nH]c2c1. The van der Waals surface area contributed by atoms with E-state index in [0.717, 1.165) is 41.8 Å². The first-order valence-corrected chi connectivity index (χ1v) is 12.9. The molecule has 38 heavy (non-hydrogen) atoms. The Morgan fingerprint density at radius 2 is 1.34 bits per heavy atom. The Morgan fingerprint density at radius 3 is 1.92 bits per heavy atom. The maximum absolute atomic E-state index is 12.7. The number of nitrogens with zero attached hydrogens (tertiary/aromatic N) is 3. The molecule has 1 amide bonds. The summed E-state index contributed by atoms with van der Waals surface area (Å²) in [5, 5.41) is 12.3. The van der Waals surface area contributed by atoms with E-state index in [1.165, 1.54) is 19.3 Å². The van der Waals surface area contributed by atoms with E-state index >= 15 is 0 Å². The Labute approximate surface area is 218 Å². The Kier molecular flexibility index (Phi) is 6.35. The number of imidazole rings is 2. The topological polar surface area (TPSA) is 127 Å². The lowest BCUT2D eigenvalue weighted by Crippen LogP contribution is -2.37. The summed E-state index contributed by atoms with van der Waals surface area (Å²) in [5.41, 5.74) is 5.58. The molecule has 2 aromatic heterocycles. The van der Waals surface area contributed by atoms with Crippen LogP contribution in [0.25, 0.3) is 44.8 Å². The largest absolute Gasteiger partial charge is 0.478 e. The summed E-state index contributed by atoms with van der Waals surface area (Å²) in [6, 6.07) is 18.1. The highest BCUT2D eigenvalue weighted by Gasteiger charge is 2.13. The van der Waals surface area contributed by atoms with E-state index in [4.69, 9.17) is 4.98 Å². The van der Waals surface area contributed by atoms with Crippen LogP contribution in [0.1, 0.15) is 40.0 Å². The van der Waals surface area contributed by atoms with Crippen molar-refractivity contribution in [1.29, 1.82) is 0 Å². The summed E-state index contributed by atoms with van der Waals surface area (Å²) >= 11 is 0. The Bertz CT molecular complexity index is 1630. The standard InChI is InChI=1S/C29H28N6O3/c36-28(30-12-15-35-13-2-1-3-14-35)20-8-10-22-24(16-20)33-26(31-22)18-4-6-19(7-5-18)27-32-23-11-9-21(29(37)38)17-25(23)34-27/h4-11,16-17H,1-3,12-15H2,(H,30,36)(H,31,33)(H,32,34)(H,37,38). The van der Waals surface area contributed by atoms with Gasteiger partial charge in [0.1, 0.15) is 11.6 Å². The normalized spacial score (nSPS) is 14.2. The molecule has 3 aromatic carbocycles. The summed E-state index contributed by atoms with van der Waals surface area (Å²) in [6.45, 7) is 3.76. The van der Waals surface area contributed by atoms with Crippen LogP contribution < -0.4 is 5.32 Å². The molecule has 1 aliphatic rings. The number of carboxylic acid groups (broad SMARTS) is 1. The molecule has 9 nitrogen and oxygen atoms in total. The van der Waals surface area contributed by atoms with Crippen LogP contribution in [0.4, 0.5) is 0 Å². The summed E-state index contributed by atoms with van der Waals surface area (Å²) < 4.78 is 0. The predicted molar refractivity (Wildman–Crippen MR) is 146 cm³/mol. The molecular formula is C29H28N6O3. The van der Waals surface area contributed by atoms with E-state index in [1.807, 2.05) is 42.5 Å². The zero-order valence-corrected chi connectivity index (χ0v) is 20.8. The number of rotatable bonds is 7. The van der Waals surface area contributed by atoms with Crippen molar-refractivity contribution in [3.05, 3.63) is 71.8 Å². The lowest BCUT2D eigenvalue weighted by Gasteiger charge is -2.26. The average molecular weight is 509 g/mol. The van der Waals surface area contributed by atoms with E-state index in [2.05, 4.69) is 25.2 Å². The maximum atomic E-state index is 12.7. The highest BCUT2D eigenvalue weighted by molar-refractivity contribution is 5.97. The number of H-pyrrole nitrogens is 2. The van der Waals surface area contributed by atoms with Crippen molar-refractivity contribution in [2.45, 2.75) is 19.3 Å². The molecule has 0 aliphatic carbocycles. The van der Waals surface area contributed by atoms with Crippen LogP contribution in [0.15, 0.2) is 60.7 Å². The number of aromatic carboxylic acids is 1. The first-order chi connectivity index (χ1) is 18.5. The van der Waals surface area contributed by atoms with Crippen molar-refractivity contribution in [3.8, 4) is 22.8 Å². The molecule has 4 N–H and O–H groups in total. The van der Waals surface area contributed by atoms with Gasteiger partial charge in [-0.15, -0.1) is 0 Å². The first kappa shape index (κ1) is 23.9. The van der Waals surface area contributed by atoms with Crippen LogP contribution in [-0.2, 0) is 0 Å². The number of hydrogen-bond acceptors (Lipinski definition) is 5. The molecule has 0 atom stereocenters. The molecule has 9 heteroatoms. The van der Waals surface area contributed by atoms with Crippen molar-refractivity contribution in [3.63, 3.8) is 0 Å². The molecule has 3 heterocycles. The number of amides is 1. The average Bonchev–Trinajstić information content (AvgIpc) is 3.57. The second kappa shape index (κ2) is 10.1. The van der Waals surface area contributed by atoms with Crippen LogP contribution in [0.5, 0.6) is 0 Å². The number of fused-ring (bicyclic) bond motifs is 2. The number of carbonyl (C=O) groups is 2. The van der Waals surface area contributed by atoms with Crippen LogP contribution in [0.2, 0.25) is 0 Å². The molecule has 6 rings (SSSR count). The second-order valence-corrected chi connectivity index (χ2v) is 9.68. The molecule has 0 bridgehead atoms. The Balaban J connectivity index is 1.15. The van der Waals surface area contributed by atoms with E-state index in [0.29, 0.717) is 34.8 Å². The highest BCUT2D eigenvalue weighted by Crippen LogP contribution is 2.26. The minimum absolute atomic E-state index is 0.0780. The molecule has 5 aromatic rings. The molecule has 0 saturated carbocycles. The Hall–Kier alpha value is -4.50. The zero-order valence-electron chi connectivity index (χ0n) is 20.8. The number of nitrogens with one attached hydrogen (secondary N) is 3. The Morgan fingerprint density at radius 1 is 0.789 bits per heavy atom. The third kappa shape index (κ3) is 4.88. The number of carbonyl (C=O) groups excluding carboxylic acids is 1. The molecule has 1 aliphatic heterocycles. The van der Waals surface area contributed by atoms with Crippen LogP contribution in [0.3, 0.4) is 0 Å². The van der Waals surface area contributed by atoms with E-state index in [9.17, 15) is 14.7 Å². The molecule has 1 fully saturated rings.